The predicted molar refractivity (Wildman–Crippen MR) is 60.2 cm³/mol. The molecule has 2 N–H and O–H groups in total. The molecule has 0 radical (unpaired) electrons. The smallest absolute Gasteiger partial charge is 0.233 e. The van der Waals surface area contributed by atoms with Crippen molar-refractivity contribution >= 4 is 5.82 Å². The lowest BCUT2D eigenvalue weighted by molar-refractivity contribution is 0.396. The molecule has 0 saturated heterocycles. The summed E-state index contributed by atoms with van der Waals surface area (Å²) in [6, 6.07) is 0. The summed E-state index contributed by atoms with van der Waals surface area (Å²) in [5.41, 5.74) is 0. The van der Waals surface area contributed by atoms with Gasteiger partial charge in [-0.25, -0.2) is 0 Å². The number of anilines is 1. The zero-order valence-corrected chi connectivity index (χ0v) is 9.29. The molecule has 1 rings (SSSR count). The van der Waals surface area contributed by atoms with Gasteiger partial charge in [-0.2, -0.15) is 4.98 Å². The minimum Gasteiger partial charge on any atom is -0.480 e. The van der Waals surface area contributed by atoms with Crippen LogP contribution in [0.4, 0.5) is 5.82 Å². The summed E-state index contributed by atoms with van der Waals surface area (Å²) >= 11 is 0. The first kappa shape index (κ1) is 11.7. The molecule has 0 aromatic carbocycles. The van der Waals surface area contributed by atoms with Gasteiger partial charge in [-0.1, -0.05) is 6.92 Å². The Labute approximate surface area is 90.3 Å². The van der Waals surface area contributed by atoms with Gasteiger partial charge in [0.1, 0.15) is 5.82 Å². The summed E-state index contributed by atoms with van der Waals surface area (Å²) < 4.78 is 4.97. The third-order valence-corrected chi connectivity index (χ3v) is 1.86. The van der Waals surface area contributed by atoms with Crippen LogP contribution in [0.3, 0.4) is 0 Å². The highest BCUT2D eigenvalue weighted by Crippen LogP contribution is 2.06. The third-order valence-electron chi connectivity index (χ3n) is 1.86. The molecule has 0 atom stereocenters. The molecule has 5 heteroatoms. The van der Waals surface area contributed by atoms with Crippen molar-refractivity contribution in [1.29, 1.82) is 0 Å². The normalized spacial score (nSPS) is 10.0. The Morgan fingerprint density at radius 2 is 2.13 bits per heavy atom. The van der Waals surface area contributed by atoms with Gasteiger partial charge in [0.25, 0.3) is 0 Å². The fourth-order valence-corrected chi connectivity index (χ4v) is 1.11. The quantitative estimate of drug-likeness (QED) is 0.655. The Bertz CT molecular complexity index is 280. The van der Waals surface area contributed by atoms with Crippen LogP contribution in [-0.4, -0.2) is 36.7 Å². The van der Waals surface area contributed by atoms with E-state index in [9.17, 15) is 0 Å². The van der Waals surface area contributed by atoms with E-state index in [4.69, 9.17) is 4.74 Å². The number of ether oxygens (including phenoxy) is 1. The van der Waals surface area contributed by atoms with Gasteiger partial charge in [-0.15, -0.1) is 0 Å². The lowest BCUT2D eigenvalue weighted by Crippen LogP contribution is -2.23. The lowest BCUT2D eigenvalue weighted by atomic mass is 10.4. The second-order valence-electron chi connectivity index (χ2n) is 3.12. The Hall–Kier alpha value is -1.36. The van der Waals surface area contributed by atoms with Crippen LogP contribution < -0.4 is 15.4 Å². The summed E-state index contributed by atoms with van der Waals surface area (Å²) in [7, 11) is 1.58. The SMILES string of the molecule is CCCNCCNc1cncc(OC)n1. The Morgan fingerprint density at radius 3 is 2.87 bits per heavy atom. The van der Waals surface area contributed by atoms with E-state index >= 15 is 0 Å². The monoisotopic (exact) mass is 210 g/mol. The Balaban J connectivity index is 2.24. The van der Waals surface area contributed by atoms with Crippen molar-refractivity contribution in [2.24, 2.45) is 0 Å². The second-order valence-corrected chi connectivity index (χ2v) is 3.12. The van der Waals surface area contributed by atoms with Gasteiger partial charge in [-0.3, -0.25) is 4.98 Å². The molecule has 0 amide bonds. The van der Waals surface area contributed by atoms with Crippen molar-refractivity contribution in [3.05, 3.63) is 12.4 Å². The van der Waals surface area contributed by atoms with E-state index in [2.05, 4.69) is 27.5 Å². The third kappa shape index (κ3) is 4.60. The van der Waals surface area contributed by atoms with Gasteiger partial charge in [0.15, 0.2) is 0 Å². The van der Waals surface area contributed by atoms with Crippen LogP contribution in [0, 0.1) is 0 Å². The largest absolute Gasteiger partial charge is 0.480 e. The van der Waals surface area contributed by atoms with Crippen LogP contribution in [0.5, 0.6) is 5.88 Å². The fraction of sp³-hybridized carbons (Fsp3) is 0.600. The molecule has 1 aromatic rings. The molecule has 0 unspecified atom stereocenters. The van der Waals surface area contributed by atoms with Crippen LogP contribution in [-0.2, 0) is 0 Å². The van der Waals surface area contributed by atoms with E-state index in [1.807, 2.05) is 0 Å². The molecule has 84 valence electrons. The van der Waals surface area contributed by atoms with Crippen molar-refractivity contribution < 1.29 is 4.74 Å². The molecule has 0 aliphatic carbocycles. The van der Waals surface area contributed by atoms with Crippen molar-refractivity contribution in [3.63, 3.8) is 0 Å². The van der Waals surface area contributed by atoms with E-state index in [0.717, 1.165) is 31.9 Å². The average molecular weight is 210 g/mol. The van der Waals surface area contributed by atoms with E-state index in [1.165, 1.54) is 0 Å². The van der Waals surface area contributed by atoms with Crippen LogP contribution >= 0.6 is 0 Å². The highest BCUT2D eigenvalue weighted by atomic mass is 16.5. The first-order valence-corrected chi connectivity index (χ1v) is 5.17. The number of hydrogen-bond acceptors (Lipinski definition) is 5. The number of methoxy groups -OCH3 is 1. The molecule has 5 nitrogen and oxygen atoms in total. The van der Waals surface area contributed by atoms with Crippen LogP contribution in [0.1, 0.15) is 13.3 Å². The molecule has 0 aliphatic heterocycles. The van der Waals surface area contributed by atoms with Gasteiger partial charge in [0, 0.05) is 13.1 Å². The van der Waals surface area contributed by atoms with Gasteiger partial charge >= 0.3 is 0 Å². The molecular formula is C10H18N4O. The Morgan fingerprint density at radius 1 is 1.27 bits per heavy atom. The molecule has 0 spiro atoms. The molecule has 0 bridgehead atoms. The maximum atomic E-state index is 4.97. The lowest BCUT2D eigenvalue weighted by Gasteiger charge is -2.06. The van der Waals surface area contributed by atoms with Gasteiger partial charge in [-0.05, 0) is 13.0 Å². The molecule has 0 fully saturated rings. The minimum absolute atomic E-state index is 0.529. The van der Waals surface area contributed by atoms with E-state index in [1.54, 1.807) is 19.5 Å². The molecule has 1 heterocycles. The van der Waals surface area contributed by atoms with Crippen molar-refractivity contribution in [2.75, 3.05) is 32.1 Å². The number of aromatic nitrogens is 2. The van der Waals surface area contributed by atoms with Crippen LogP contribution in [0.2, 0.25) is 0 Å². The first-order valence-electron chi connectivity index (χ1n) is 5.17. The van der Waals surface area contributed by atoms with Crippen molar-refractivity contribution in [3.8, 4) is 5.88 Å². The fourth-order valence-electron chi connectivity index (χ4n) is 1.11. The molecule has 15 heavy (non-hydrogen) atoms. The predicted octanol–water partition coefficient (Wildman–Crippen LogP) is 0.897. The standard InChI is InChI=1S/C10H18N4O/c1-3-4-11-5-6-13-9-7-12-8-10(14-9)15-2/h7-8,11H,3-6H2,1-2H3,(H,13,14). The van der Waals surface area contributed by atoms with Gasteiger partial charge in [0.2, 0.25) is 5.88 Å². The minimum atomic E-state index is 0.529. The van der Waals surface area contributed by atoms with E-state index < -0.39 is 0 Å². The number of nitrogens with zero attached hydrogens (tertiary/aromatic N) is 2. The molecular weight excluding hydrogens is 192 g/mol. The van der Waals surface area contributed by atoms with Crippen molar-refractivity contribution in [1.82, 2.24) is 15.3 Å². The summed E-state index contributed by atoms with van der Waals surface area (Å²) in [4.78, 5) is 8.19. The zero-order chi connectivity index (χ0) is 10.9. The molecule has 0 aliphatic rings. The average Bonchev–Trinajstić information content (AvgIpc) is 2.29. The second kappa shape index (κ2) is 7.00. The summed E-state index contributed by atoms with van der Waals surface area (Å²) in [6.07, 6.45) is 4.42. The van der Waals surface area contributed by atoms with Crippen LogP contribution in [0.25, 0.3) is 0 Å². The maximum Gasteiger partial charge on any atom is 0.233 e. The molecule has 1 aromatic heterocycles. The summed E-state index contributed by atoms with van der Waals surface area (Å²) in [6.45, 7) is 4.95. The zero-order valence-electron chi connectivity index (χ0n) is 9.29. The van der Waals surface area contributed by atoms with Gasteiger partial charge < -0.3 is 15.4 Å². The topological polar surface area (TPSA) is 59.1 Å². The molecule has 0 saturated carbocycles. The summed E-state index contributed by atoms with van der Waals surface area (Å²) in [5, 5.41) is 6.45. The first-order chi connectivity index (χ1) is 7.36. The van der Waals surface area contributed by atoms with E-state index in [0.29, 0.717) is 5.88 Å². The number of rotatable bonds is 7. The van der Waals surface area contributed by atoms with Crippen LogP contribution in [0.15, 0.2) is 12.4 Å². The number of hydrogen-bond donors (Lipinski definition) is 2. The van der Waals surface area contributed by atoms with Gasteiger partial charge in [0.05, 0.1) is 19.5 Å². The maximum absolute atomic E-state index is 4.97. The highest BCUT2D eigenvalue weighted by molar-refractivity contribution is 5.32. The van der Waals surface area contributed by atoms with Crippen molar-refractivity contribution in [2.45, 2.75) is 13.3 Å². The summed E-state index contributed by atoms with van der Waals surface area (Å²) in [5.74, 6) is 1.27. The van der Waals surface area contributed by atoms with E-state index in [-0.39, 0.29) is 0 Å². The number of nitrogens with one attached hydrogen (secondary N) is 2. The Kier molecular flexibility index (Phi) is 5.47. The highest BCUT2D eigenvalue weighted by Gasteiger charge is 1.96.